The maximum atomic E-state index is 9.09. The molecule has 0 amide bonds. The van der Waals surface area contributed by atoms with Crippen LogP contribution >= 0.6 is 0 Å². The highest BCUT2D eigenvalue weighted by Gasteiger charge is 2.05. The lowest BCUT2D eigenvalue weighted by Gasteiger charge is -1.96. The average molecular weight is 205 g/mol. The number of aromatic nitrogens is 2. The molecule has 0 spiro atoms. The number of aromatic hydroxyl groups is 1. The van der Waals surface area contributed by atoms with Crippen LogP contribution in [0.3, 0.4) is 0 Å². The van der Waals surface area contributed by atoms with Crippen molar-refractivity contribution in [1.82, 2.24) is 5.27 Å². The summed E-state index contributed by atoms with van der Waals surface area (Å²) in [5, 5.41) is 12.7. The van der Waals surface area contributed by atoms with Crippen LogP contribution < -0.4 is 4.68 Å². The normalized spacial score (nSPS) is 10.4. The van der Waals surface area contributed by atoms with Crippen molar-refractivity contribution < 1.29 is 14.3 Å². The van der Waals surface area contributed by atoms with Crippen LogP contribution in [-0.2, 0) is 13.0 Å². The fourth-order valence-corrected chi connectivity index (χ4v) is 1.29. The highest BCUT2D eigenvalue weighted by atomic mass is 16.5. The van der Waals surface area contributed by atoms with Crippen molar-refractivity contribution in [1.29, 1.82) is 0 Å². The van der Waals surface area contributed by atoms with Gasteiger partial charge in [-0.05, 0) is 17.7 Å². The van der Waals surface area contributed by atoms with E-state index < -0.39 is 0 Å². The van der Waals surface area contributed by atoms with Crippen molar-refractivity contribution in [3.05, 3.63) is 41.8 Å². The van der Waals surface area contributed by atoms with Gasteiger partial charge in [-0.1, -0.05) is 16.8 Å². The zero-order valence-electron chi connectivity index (χ0n) is 8.05. The Hall–Kier alpha value is -2.04. The molecule has 2 N–H and O–H groups in total. The van der Waals surface area contributed by atoms with E-state index in [1.54, 1.807) is 16.8 Å². The van der Waals surface area contributed by atoms with E-state index in [9.17, 15) is 0 Å². The number of phenolic OH excluding ortho intramolecular Hbond substituents is 1. The molecule has 0 saturated heterocycles. The van der Waals surface area contributed by atoms with Gasteiger partial charge in [-0.15, -0.1) is 0 Å². The summed E-state index contributed by atoms with van der Waals surface area (Å²) in [6.45, 7) is 0.660. The summed E-state index contributed by atoms with van der Waals surface area (Å²) in [5.74, 6) is 0.321. The molecule has 2 aromatic rings. The molecule has 1 aromatic heterocycles. The molecule has 0 aliphatic heterocycles. The molecule has 5 heteroatoms. The van der Waals surface area contributed by atoms with Crippen molar-refractivity contribution in [3.63, 3.8) is 0 Å². The van der Waals surface area contributed by atoms with E-state index >= 15 is 0 Å². The topological polar surface area (TPSA) is 73.9 Å². The number of aryl methyl sites for hydroxylation is 2. The second-order valence-electron chi connectivity index (χ2n) is 3.25. The zero-order valence-corrected chi connectivity index (χ0v) is 8.05. The average Bonchev–Trinajstić information content (AvgIpc) is 2.64. The summed E-state index contributed by atoms with van der Waals surface area (Å²) >= 11 is 0. The number of benzene rings is 1. The van der Waals surface area contributed by atoms with E-state index in [1.165, 1.54) is 6.20 Å². The zero-order chi connectivity index (χ0) is 10.7. The minimum Gasteiger partial charge on any atom is -0.660 e. The molecule has 0 bridgehead atoms. The minimum absolute atomic E-state index is 0.0562. The molecule has 15 heavy (non-hydrogen) atoms. The van der Waals surface area contributed by atoms with Gasteiger partial charge in [0, 0.05) is 6.42 Å². The summed E-state index contributed by atoms with van der Waals surface area (Å²) in [6, 6.07) is 7.02. The Balaban J connectivity index is 1.96. The summed E-state index contributed by atoms with van der Waals surface area (Å²) in [4.78, 5) is 0. The molecule has 2 rings (SSSR count). The number of nitrogens with zero attached hydrogens (tertiary/aromatic N) is 2. The molecule has 0 unspecified atom stereocenters. The lowest BCUT2D eigenvalue weighted by atomic mass is 10.1. The van der Waals surface area contributed by atoms with Crippen LogP contribution in [0, 0.1) is 0 Å². The first-order chi connectivity index (χ1) is 7.24. The van der Waals surface area contributed by atoms with Gasteiger partial charge in [0.1, 0.15) is 11.6 Å². The summed E-state index contributed by atoms with van der Waals surface area (Å²) in [7, 11) is 0. The van der Waals surface area contributed by atoms with Crippen LogP contribution in [0.2, 0.25) is 0 Å². The van der Waals surface area contributed by atoms with Gasteiger partial charge in [-0.2, -0.15) is 0 Å². The van der Waals surface area contributed by atoms with Crippen LogP contribution in [-0.4, -0.2) is 10.4 Å². The van der Waals surface area contributed by atoms with Gasteiger partial charge in [0.15, 0.2) is 11.8 Å². The highest BCUT2D eigenvalue weighted by molar-refractivity contribution is 5.25. The van der Waals surface area contributed by atoms with Crippen molar-refractivity contribution in [2.75, 3.05) is 0 Å². The summed E-state index contributed by atoms with van der Waals surface area (Å²) in [6.07, 6.45) is 2.32. The van der Waals surface area contributed by atoms with Crippen molar-refractivity contribution in [2.24, 2.45) is 0 Å². The van der Waals surface area contributed by atoms with Crippen LogP contribution in [0.5, 0.6) is 5.75 Å². The predicted molar refractivity (Wildman–Crippen MR) is 52.5 cm³/mol. The predicted octanol–water partition coefficient (Wildman–Crippen LogP) is 1.59. The molecule has 5 nitrogen and oxygen atoms in total. The van der Waals surface area contributed by atoms with Crippen molar-refractivity contribution in [3.8, 4) is 5.75 Å². The fourth-order valence-electron chi connectivity index (χ4n) is 1.29. The van der Waals surface area contributed by atoms with Crippen LogP contribution in [0.25, 0.3) is 5.73 Å². The second kappa shape index (κ2) is 4.00. The van der Waals surface area contributed by atoms with E-state index in [2.05, 4.69) is 9.79 Å². The third kappa shape index (κ3) is 2.46. The number of phenols is 1. The number of hydrogen-bond donors (Lipinski definition) is 1. The molecule has 78 valence electrons. The maximum Gasteiger partial charge on any atom is 0.222 e. The first kappa shape index (κ1) is 9.51. The molecule has 0 fully saturated rings. The third-order valence-electron chi connectivity index (χ3n) is 2.08. The molecule has 1 heterocycles. The smallest absolute Gasteiger partial charge is 0.222 e. The van der Waals surface area contributed by atoms with Crippen LogP contribution in [0.4, 0.5) is 5.88 Å². The summed E-state index contributed by atoms with van der Waals surface area (Å²) < 4.78 is 6.19. The molecular formula is C10H11N3O2. The van der Waals surface area contributed by atoms with Crippen LogP contribution in [0.1, 0.15) is 5.56 Å². The van der Waals surface area contributed by atoms with E-state index in [0.717, 1.165) is 12.0 Å². The SMILES string of the molecule is [NH-]c1c[n+](CCc2ccc(O)cc2)no1. The van der Waals surface area contributed by atoms with Crippen molar-refractivity contribution >= 4 is 5.88 Å². The Morgan fingerprint density at radius 3 is 2.67 bits per heavy atom. The fraction of sp³-hybridized carbons (Fsp3) is 0.200. The van der Waals surface area contributed by atoms with Crippen molar-refractivity contribution in [2.45, 2.75) is 13.0 Å². The molecule has 1 aromatic carbocycles. The molecule has 0 saturated carbocycles. The maximum absolute atomic E-state index is 9.09. The molecular weight excluding hydrogens is 194 g/mol. The Bertz CT molecular complexity index is 436. The molecule has 0 aliphatic carbocycles. The Kier molecular flexibility index (Phi) is 2.53. The van der Waals surface area contributed by atoms with E-state index in [1.807, 2.05) is 12.1 Å². The van der Waals surface area contributed by atoms with E-state index in [-0.39, 0.29) is 11.6 Å². The number of hydrogen-bond acceptors (Lipinski definition) is 3. The van der Waals surface area contributed by atoms with Gasteiger partial charge in [0.25, 0.3) is 0 Å². The lowest BCUT2D eigenvalue weighted by molar-refractivity contribution is -0.761. The summed E-state index contributed by atoms with van der Waals surface area (Å²) in [5.41, 5.74) is 8.25. The lowest BCUT2D eigenvalue weighted by Crippen LogP contribution is -2.35. The van der Waals surface area contributed by atoms with Crippen LogP contribution in [0.15, 0.2) is 35.0 Å². The Morgan fingerprint density at radius 1 is 1.33 bits per heavy atom. The van der Waals surface area contributed by atoms with Gasteiger partial charge in [0.2, 0.25) is 6.20 Å². The Labute approximate surface area is 86.7 Å². The highest BCUT2D eigenvalue weighted by Crippen LogP contribution is 2.10. The molecule has 0 radical (unpaired) electrons. The number of rotatable bonds is 3. The quantitative estimate of drug-likeness (QED) is 0.773. The van der Waals surface area contributed by atoms with Gasteiger partial charge >= 0.3 is 0 Å². The largest absolute Gasteiger partial charge is 0.660 e. The van der Waals surface area contributed by atoms with E-state index in [4.69, 9.17) is 10.8 Å². The number of nitrogens with one attached hydrogen (secondary N) is 1. The van der Waals surface area contributed by atoms with Gasteiger partial charge in [-0.3, -0.25) is 0 Å². The third-order valence-corrected chi connectivity index (χ3v) is 2.08. The van der Waals surface area contributed by atoms with Gasteiger partial charge < -0.3 is 15.4 Å². The minimum atomic E-state index is 0.0562. The molecule has 0 atom stereocenters. The Morgan fingerprint density at radius 2 is 2.07 bits per heavy atom. The second-order valence-corrected chi connectivity index (χ2v) is 3.25. The molecule has 0 aliphatic rings. The standard InChI is InChI=1S/C10H11N3O2/c11-10-7-13(12-15-10)6-5-8-1-3-9(14)4-2-8/h1-4,7H,5-6H2,(H2-,11,12,14). The first-order valence-electron chi connectivity index (χ1n) is 4.60. The van der Waals surface area contributed by atoms with Gasteiger partial charge in [-0.25, -0.2) is 0 Å². The van der Waals surface area contributed by atoms with E-state index in [0.29, 0.717) is 6.54 Å². The van der Waals surface area contributed by atoms with Gasteiger partial charge in [0.05, 0.1) is 0 Å². The monoisotopic (exact) mass is 205 g/mol. The first-order valence-corrected chi connectivity index (χ1v) is 4.60.